The number of nitrogen functional groups attached to an aromatic ring is 1. The number of nitrogens with zero attached hydrogens (tertiary/aromatic N) is 1. The van der Waals surface area contributed by atoms with Crippen molar-refractivity contribution in [1.29, 1.82) is 0 Å². The Hall–Kier alpha value is -1.23. The molecule has 1 aromatic rings. The van der Waals surface area contributed by atoms with Crippen molar-refractivity contribution in [1.82, 2.24) is 0 Å². The summed E-state index contributed by atoms with van der Waals surface area (Å²) in [6.07, 6.45) is 0. The van der Waals surface area contributed by atoms with Crippen LogP contribution in [-0.2, 0) is 0 Å². The lowest BCUT2D eigenvalue weighted by Crippen LogP contribution is -1.95. The molecule has 0 saturated carbocycles. The fourth-order valence-corrected chi connectivity index (χ4v) is 1.94. The second kappa shape index (κ2) is 5.02. The maximum Gasteiger partial charge on any atom is 0.271 e. The molecule has 15 heavy (non-hydrogen) atoms. The number of non-ortho nitro benzene ring substituents is 1. The molecule has 0 atom stereocenters. The first-order valence-electron chi connectivity index (χ1n) is 4.67. The molecular weight excluding hydrogens is 212 g/mol. The van der Waals surface area contributed by atoms with Crippen LogP contribution in [-0.4, -0.2) is 10.7 Å². The molecule has 0 saturated heterocycles. The van der Waals surface area contributed by atoms with E-state index in [0.29, 0.717) is 11.6 Å². The molecule has 2 N–H and O–H groups in total. The molecule has 0 amide bonds. The smallest absolute Gasteiger partial charge is 0.271 e. The fraction of sp³-hybridized carbons (Fsp3) is 0.400. The number of thioether (sulfide) groups is 1. The van der Waals surface area contributed by atoms with Gasteiger partial charge in [0.05, 0.1) is 10.6 Å². The van der Waals surface area contributed by atoms with Crippen molar-refractivity contribution in [2.75, 3.05) is 11.5 Å². The van der Waals surface area contributed by atoms with Gasteiger partial charge in [0.15, 0.2) is 0 Å². The average Bonchev–Trinajstić information content (AvgIpc) is 2.15. The predicted octanol–water partition coefficient (Wildman–Crippen LogP) is 2.93. The van der Waals surface area contributed by atoms with Crippen molar-refractivity contribution < 1.29 is 4.92 Å². The van der Waals surface area contributed by atoms with Crippen molar-refractivity contribution >= 4 is 23.1 Å². The summed E-state index contributed by atoms with van der Waals surface area (Å²) in [5.74, 6) is 1.53. The number of nitro groups is 1. The zero-order valence-corrected chi connectivity index (χ0v) is 9.58. The molecule has 0 aliphatic rings. The van der Waals surface area contributed by atoms with Crippen LogP contribution < -0.4 is 5.73 Å². The second-order valence-electron chi connectivity index (χ2n) is 3.68. The SMILES string of the molecule is CC(C)CSc1ccc([N+](=O)[O-])cc1N. The molecule has 0 spiro atoms. The van der Waals surface area contributed by atoms with Crippen LogP contribution in [0, 0.1) is 16.0 Å². The molecular formula is C10H14N2O2S. The van der Waals surface area contributed by atoms with Gasteiger partial charge < -0.3 is 5.73 Å². The highest BCUT2D eigenvalue weighted by molar-refractivity contribution is 7.99. The summed E-state index contributed by atoms with van der Waals surface area (Å²) in [6.45, 7) is 4.24. The molecule has 4 nitrogen and oxygen atoms in total. The number of nitro benzene ring substituents is 1. The molecule has 1 rings (SSSR count). The Morgan fingerprint density at radius 3 is 2.67 bits per heavy atom. The fourth-order valence-electron chi connectivity index (χ4n) is 1.04. The lowest BCUT2D eigenvalue weighted by Gasteiger charge is -2.06. The highest BCUT2D eigenvalue weighted by Crippen LogP contribution is 2.29. The number of hydrogen-bond acceptors (Lipinski definition) is 4. The molecule has 1 aromatic carbocycles. The first kappa shape index (κ1) is 11.8. The van der Waals surface area contributed by atoms with E-state index in [2.05, 4.69) is 13.8 Å². The summed E-state index contributed by atoms with van der Waals surface area (Å²) in [5.41, 5.74) is 6.24. The van der Waals surface area contributed by atoms with Crippen molar-refractivity contribution in [2.24, 2.45) is 5.92 Å². The third kappa shape index (κ3) is 3.43. The molecule has 0 aliphatic carbocycles. The first-order valence-corrected chi connectivity index (χ1v) is 5.66. The molecule has 0 heterocycles. The van der Waals surface area contributed by atoms with Crippen molar-refractivity contribution in [2.45, 2.75) is 18.7 Å². The van der Waals surface area contributed by atoms with Gasteiger partial charge in [-0.05, 0) is 12.0 Å². The van der Waals surface area contributed by atoms with Crippen LogP contribution in [0.5, 0.6) is 0 Å². The van der Waals surface area contributed by atoms with Crippen LogP contribution in [0.25, 0.3) is 0 Å². The summed E-state index contributed by atoms with van der Waals surface area (Å²) < 4.78 is 0. The van der Waals surface area contributed by atoms with Crippen LogP contribution >= 0.6 is 11.8 Å². The van der Waals surface area contributed by atoms with E-state index in [0.717, 1.165) is 10.6 Å². The van der Waals surface area contributed by atoms with Gasteiger partial charge in [-0.25, -0.2) is 0 Å². The molecule has 0 bridgehead atoms. The molecule has 0 aliphatic heterocycles. The third-order valence-corrected chi connectivity index (χ3v) is 3.29. The molecule has 0 radical (unpaired) electrons. The van der Waals surface area contributed by atoms with E-state index in [4.69, 9.17) is 5.73 Å². The van der Waals surface area contributed by atoms with E-state index in [9.17, 15) is 10.1 Å². The summed E-state index contributed by atoms with van der Waals surface area (Å²) >= 11 is 1.63. The van der Waals surface area contributed by atoms with Gasteiger partial charge in [-0.2, -0.15) is 0 Å². The van der Waals surface area contributed by atoms with Crippen molar-refractivity contribution in [3.05, 3.63) is 28.3 Å². The van der Waals surface area contributed by atoms with Crippen LogP contribution in [0.3, 0.4) is 0 Å². The zero-order valence-electron chi connectivity index (χ0n) is 8.77. The normalized spacial score (nSPS) is 10.6. The van der Waals surface area contributed by atoms with Crippen LogP contribution in [0.2, 0.25) is 0 Å². The van der Waals surface area contributed by atoms with Gasteiger partial charge in [-0.3, -0.25) is 10.1 Å². The van der Waals surface area contributed by atoms with Gasteiger partial charge in [0.2, 0.25) is 0 Å². The Morgan fingerprint density at radius 2 is 2.20 bits per heavy atom. The van der Waals surface area contributed by atoms with E-state index in [1.54, 1.807) is 17.8 Å². The van der Waals surface area contributed by atoms with Gasteiger partial charge in [0, 0.05) is 22.8 Å². The third-order valence-electron chi connectivity index (χ3n) is 1.78. The summed E-state index contributed by atoms with van der Waals surface area (Å²) in [4.78, 5) is 10.9. The minimum atomic E-state index is -0.437. The summed E-state index contributed by atoms with van der Waals surface area (Å²) in [5, 5.41) is 10.5. The second-order valence-corrected chi connectivity index (χ2v) is 4.75. The minimum absolute atomic E-state index is 0.0430. The highest BCUT2D eigenvalue weighted by Gasteiger charge is 2.09. The number of hydrogen-bond donors (Lipinski definition) is 1. The van der Waals surface area contributed by atoms with Gasteiger partial charge in [0.1, 0.15) is 0 Å². The van der Waals surface area contributed by atoms with Crippen molar-refractivity contribution in [3.63, 3.8) is 0 Å². The molecule has 0 fully saturated rings. The lowest BCUT2D eigenvalue weighted by molar-refractivity contribution is -0.384. The first-order chi connectivity index (χ1) is 7.00. The van der Waals surface area contributed by atoms with E-state index >= 15 is 0 Å². The Kier molecular flexibility index (Phi) is 3.96. The van der Waals surface area contributed by atoms with Gasteiger partial charge >= 0.3 is 0 Å². The molecule has 0 unspecified atom stereocenters. The van der Waals surface area contributed by atoms with E-state index in [1.807, 2.05) is 0 Å². The predicted molar refractivity (Wildman–Crippen MR) is 63.1 cm³/mol. The average molecular weight is 226 g/mol. The number of benzene rings is 1. The Balaban J connectivity index is 2.79. The van der Waals surface area contributed by atoms with Gasteiger partial charge in [-0.15, -0.1) is 11.8 Å². The monoisotopic (exact) mass is 226 g/mol. The summed E-state index contributed by atoms with van der Waals surface area (Å²) in [6, 6.07) is 4.60. The van der Waals surface area contributed by atoms with E-state index < -0.39 is 4.92 Å². The van der Waals surface area contributed by atoms with Gasteiger partial charge in [0.25, 0.3) is 5.69 Å². The Labute approximate surface area is 93.0 Å². The quantitative estimate of drug-likeness (QED) is 0.371. The highest BCUT2D eigenvalue weighted by atomic mass is 32.2. The molecule has 5 heteroatoms. The van der Waals surface area contributed by atoms with Crippen molar-refractivity contribution in [3.8, 4) is 0 Å². The van der Waals surface area contributed by atoms with E-state index in [1.165, 1.54) is 12.1 Å². The topological polar surface area (TPSA) is 69.2 Å². The molecule has 0 aromatic heterocycles. The number of anilines is 1. The number of rotatable bonds is 4. The Morgan fingerprint density at radius 1 is 1.53 bits per heavy atom. The minimum Gasteiger partial charge on any atom is -0.398 e. The van der Waals surface area contributed by atoms with E-state index in [-0.39, 0.29) is 5.69 Å². The maximum absolute atomic E-state index is 10.5. The van der Waals surface area contributed by atoms with Crippen LogP contribution in [0.15, 0.2) is 23.1 Å². The van der Waals surface area contributed by atoms with Crippen LogP contribution in [0.4, 0.5) is 11.4 Å². The van der Waals surface area contributed by atoms with Crippen LogP contribution in [0.1, 0.15) is 13.8 Å². The number of nitrogens with two attached hydrogens (primary N) is 1. The Bertz CT molecular complexity index is 366. The summed E-state index contributed by atoms with van der Waals surface area (Å²) in [7, 11) is 0. The standard InChI is InChI=1S/C10H14N2O2S/c1-7(2)6-15-10-4-3-8(12(13)14)5-9(10)11/h3-5,7H,6,11H2,1-2H3. The van der Waals surface area contributed by atoms with Gasteiger partial charge in [-0.1, -0.05) is 13.8 Å². The lowest BCUT2D eigenvalue weighted by atomic mass is 10.3. The molecule has 82 valence electrons. The largest absolute Gasteiger partial charge is 0.398 e. The zero-order chi connectivity index (χ0) is 11.4. The maximum atomic E-state index is 10.5.